The quantitative estimate of drug-likeness (QED) is 0.652. The number of carbonyl (C=O) groups is 1. The first-order chi connectivity index (χ1) is 8.06. The smallest absolute Gasteiger partial charge is 0.318 e. The third-order valence-corrected chi connectivity index (χ3v) is 6.36. The third-order valence-electron chi connectivity index (χ3n) is 2.66. The number of hydrogen-bond acceptors (Lipinski definition) is 5. The summed E-state index contributed by atoms with van der Waals surface area (Å²) in [7, 11) is -4.68. The first-order valence-corrected chi connectivity index (χ1v) is 8.39. The van der Waals surface area contributed by atoms with Crippen LogP contribution in [0.25, 0.3) is 0 Å². The lowest BCUT2D eigenvalue weighted by Gasteiger charge is -2.28. The normalized spacial score (nSPS) is 23.7. The van der Waals surface area contributed by atoms with Gasteiger partial charge in [0.15, 0.2) is 9.84 Å². The van der Waals surface area contributed by atoms with Gasteiger partial charge >= 0.3 is 5.97 Å². The minimum Gasteiger partial charge on any atom is -0.480 e. The Kier molecular flexibility index (Phi) is 4.36. The van der Waals surface area contributed by atoms with Crippen LogP contribution in [-0.2, 0) is 24.8 Å². The van der Waals surface area contributed by atoms with E-state index in [1.54, 1.807) is 0 Å². The minimum absolute atomic E-state index is 0.114. The number of carboxylic acid groups (broad SMARTS) is 1. The van der Waals surface area contributed by atoms with Gasteiger partial charge in [-0.2, -0.15) is 17.0 Å². The Morgan fingerprint density at radius 1 is 1.39 bits per heavy atom. The first kappa shape index (κ1) is 15.3. The van der Waals surface area contributed by atoms with Crippen molar-refractivity contribution >= 4 is 26.0 Å². The summed E-state index contributed by atoms with van der Waals surface area (Å²) in [5, 5.41) is 8.75. The van der Waals surface area contributed by atoms with E-state index < -0.39 is 38.6 Å². The van der Waals surface area contributed by atoms with Crippen LogP contribution in [0.1, 0.15) is 6.42 Å². The Morgan fingerprint density at radius 2 is 1.94 bits per heavy atom. The van der Waals surface area contributed by atoms with E-state index in [9.17, 15) is 21.6 Å². The molecule has 1 aliphatic heterocycles. The molecule has 0 aromatic carbocycles. The van der Waals surface area contributed by atoms with Crippen molar-refractivity contribution in [2.75, 3.05) is 32.1 Å². The highest BCUT2D eigenvalue weighted by atomic mass is 32.2. The highest BCUT2D eigenvalue weighted by molar-refractivity contribution is 7.91. The molecule has 0 radical (unpaired) electrons. The molecule has 106 valence electrons. The van der Waals surface area contributed by atoms with E-state index in [1.807, 2.05) is 0 Å². The molecule has 8 nitrogen and oxygen atoms in total. The fraction of sp³-hybridized carbons (Fsp3) is 0.875. The van der Waals surface area contributed by atoms with Crippen LogP contribution in [0.15, 0.2) is 0 Å². The molecule has 0 saturated carbocycles. The molecule has 10 heteroatoms. The van der Waals surface area contributed by atoms with Crippen molar-refractivity contribution in [2.45, 2.75) is 12.5 Å². The highest BCUT2D eigenvalue weighted by Gasteiger charge is 2.39. The van der Waals surface area contributed by atoms with Gasteiger partial charge in [0.1, 0.15) is 6.54 Å². The molecule has 18 heavy (non-hydrogen) atoms. The van der Waals surface area contributed by atoms with E-state index in [4.69, 9.17) is 5.11 Å². The summed E-state index contributed by atoms with van der Waals surface area (Å²) in [6.45, 7) is -0.735. The summed E-state index contributed by atoms with van der Waals surface area (Å²) >= 11 is 0. The van der Waals surface area contributed by atoms with Crippen LogP contribution in [0, 0.1) is 0 Å². The average molecular weight is 300 g/mol. The summed E-state index contributed by atoms with van der Waals surface area (Å²) in [4.78, 5) is 10.7. The SMILES string of the molecule is CN(C)S(=O)(=O)N(CC(=O)O)C1CCS(=O)(=O)C1. The van der Waals surface area contributed by atoms with Crippen molar-refractivity contribution in [1.29, 1.82) is 0 Å². The summed E-state index contributed by atoms with van der Waals surface area (Å²) < 4.78 is 48.2. The van der Waals surface area contributed by atoms with E-state index in [2.05, 4.69) is 0 Å². The molecule has 0 amide bonds. The highest BCUT2D eigenvalue weighted by Crippen LogP contribution is 2.21. The molecular weight excluding hydrogens is 284 g/mol. The molecule has 1 unspecified atom stereocenters. The van der Waals surface area contributed by atoms with Gasteiger partial charge < -0.3 is 5.11 Å². The molecule has 1 atom stereocenters. The largest absolute Gasteiger partial charge is 0.480 e. The molecule has 0 bridgehead atoms. The lowest BCUT2D eigenvalue weighted by molar-refractivity contribution is -0.137. The van der Waals surface area contributed by atoms with Gasteiger partial charge in [-0.15, -0.1) is 0 Å². The summed E-state index contributed by atoms with van der Waals surface area (Å²) in [5.41, 5.74) is 0. The Balaban J connectivity index is 3.04. The Hall–Kier alpha value is -0.710. The molecule has 1 aliphatic rings. The number of rotatable bonds is 5. The standard InChI is InChI=1S/C8H16N2O6S2/c1-9(2)18(15,16)10(5-8(11)12)7-3-4-17(13,14)6-7/h7H,3-6H2,1-2H3,(H,11,12). The van der Waals surface area contributed by atoms with Gasteiger partial charge in [0.2, 0.25) is 0 Å². The van der Waals surface area contributed by atoms with Crippen molar-refractivity contribution in [1.82, 2.24) is 8.61 Å². The van der Waals surface area contributed by atoms with E-state index >= 15 is 0 Å². The third kappa shape index (κ3) is 3.40. The van der Waals surface area contributed by atoms with Crippen molar-refractivity contribution in [2.24, 2.45) is 0 Å². The predicted molar refractivity (Wildman–Crippen MR) is 64.0 cm³/mol. The van der Waals surface area contributed by atoms with E-state index in [0.29, 0.717) is 0 Å². The van der Waals surface area contributed by atoms with E-state index in [1.165, 1.54) is 14.1 Å². The summed E-state index contributed by atoms with van der Waals surface area (Å²) in [5.74, 6) is -1.76. The van der Waals surface area contributed by atoms with Crippen LogP contribution < -0.4 is 0 Å². The monoisotopic (exact) mass is 300 g/mol. The van der Waals surface area contributed by atoms with E-state index in [-0.39, 0.29) is 17.9 Å². The second-order valence-electron chi connectivity index (χ2n) is 4.29. The number of nitrogens with zero attached hydrogens (tertiary/aromatic N) is 2. The number of hydrogen-bond donors (Lipinski definition) is 1. The van der Waals surface area contributed by atoms with Crippen LogP contribution in [0.5, 0.6) is 0 Å². The van der Waals surface area contributed by atoms with Gasteiger partial charge in [-0.3, -0.25) is 4.79 Å². The molecule has 1 heterocycles. The maximum absolute atomic E-state index is 12.0. The average Bonchev–Trinajstić information content (AvgIpc) is 2.54. The van der Waals surface area contributed by atoms with Crippen molar-refractivity contribution in [3.63, 3.8) is 0 Å². The van der Waals surface area contributed by atoms with Gasteiger partial charge in [0, 0.05) is 20.1 Å². The molecule has 1 N–H and O–H groups in total. The van der Waals surface area contributed by atoms with Crippen molar-refractivity contribution in [3.8, 4) is 0 Å². The van der Waals surface area contributed by atoms with Gasteiger partial charge in [-0.05, 0) is 6.42 Å². The Morgan fingerprint density at radius 3 is 2.28 bits per heavy atom. The minimum atomic E-state index is -3.95. The van der Waals surface area contributed by atoms with Gasteiger partial charge in [-0.1, -0.05) is 0 Å². The molecule has 0 aliphatic carbocycles. The van der Waals surface area contributed by atoms with Crippen LogP contribution in [-0.4, -0.2) is 74.7 Å². The maximum atomic E-state index is 12.0. The van der Waals surface area contributed by atoms with Crippen LogP contribution in [0.2, 0.25) is 0 Å². The zero-order valence-corrected chi connectivity index (χ0v) is 11.7. The zero-order chi connectivity index (χ0) is 14.1. The van der Waals surface area contributed by atoms with Crippen molar-refractivity contribution in [3.05, 3.63) is 0 Å². The topological polar surface area (TPSA) is 112 Å². The van der Waals surface area contributed by atoms with Gasteiger partial charge in [0.25, 0.3) is 10.2 Å². The lowest BCUT2D eigenvalue weighted by Crippen LogP contribution is -2.48. The maximum Gasteiger partial charge on any atom is 0.318 e. The molecule has 0 spiro atoms. The van der Waals surface area contributed by atoms with Crippen molar-refractivity contribution < 1.29 is 26.7 Å². The fourth-order valence-corrected chi connectivity index (χ4v) is 4.82. The number of sulfone groups is 1. The van der Waals surface area contributed by atoms with Crippen LogP contribution >= 0.6 is 0 Å². The molecule has 0 aromatic heterocycles. The Labute approximate surface area is 106 Å². The summed E-state index contributed by atoms with van der Waals surface area (Å²) in [6, 6.07) is -0.807. The predicted octanol–water partition coefficient (Wildman–Crippen LogP) is -1.63. The van der Waals surface area contributed by atoms with Crippen LogP contribution in [0.3, 0.4) is 0 Å². The van der Waals surface area contributed by atoms with Crippen LogP contribution in [0.4, 0.5) is 0 Å². The molecule has 1 saturated heterocycles. The molecule has 0 aromatic rings. The lowest BCUT2D eigenvalue weighted by atomic mass is 10.2. The Bertz CT molecular complexity index is 524. The molecule has 1 rings (SSSR count). The second kappa shape index (κ2) is 5.11. The zero-order valence-electron chi connectivity index (χ0n) is 10.1. The van der Waals surface area contributed by atoms with E-state index in [0.717, 1.165) is 8.61 Å². The second-order valence-corrected chi connectivity index (χ2v) is 8.61. The summed E-state index contributed by atoms with van der Waals surface area (Å²) in [6.07, 6.45) is 0.128. The number of carboxylic acids is 1. The molecule has 1 fully saturated rings. The number of aliphatic carboxylic acids is 1. The van der Waals surface area contributed by atoms with Gasteiger partial charge in [0.05, 0.1) is 11.5 Å². The fourth-order valence-electron chi connectivity index (χ4n) is 1.74. The first-order valence-electron chi connectivity index (χ1n) is 5.18. The van der Waals surface area contributed by atoms with Gasteiger partial charge in [-0.25, -0.2) is 8.42 Å². The molecular formula is C8H16N2O6S2.